The first-order valence-electron chi connectivity index (χ1n) is 7.23. The summed E-state index contributed by atoms with van der Waals surface area (Å²) in [5.74, 6) is 2.37. The van der Waals surface area contributed by atoms with Crippen molar-refractivity contribution in [3.63, 3.8) is 0 Å². The molecule has 0 radical (unpaired) electrons. The van der Waals surface area contributed by atoms with Gasteiger partial charge in [0.1, 0.15) is 11.6 Å². The molecule has 0 spiro atoms. The lowest BCUT2D eigenvalue weighted by atomic mass is 10.1. The highest BCUT2D eigenvalue weighted by Gasteiger charge is 2.06. The van der Waals surface area contributed by atoms with E-state index in [0.29, 0.717) is 25.4 Å². The Morgan fingerprint density at radius 2 is 1.77 bits per heavy atom. The molecule has 2 aromatic carbocycles. The molecule has 5 heteroatoms. The zero-order valence-corrected chi connectivity index (χ0v) is 12.2. The number of para-hydroxylation sites is 1. The van der Waals surface area contributed by atoms with Crippen molar-refractivity contribution in [2.24, 2.45) is 5.73 Å². The third kappa shape index (κ3) is 3.51. The third-order valence-electron chi connectivity index (χ3n) is 3.33. The van der Waals surface area contributed by atoms with Crippen molar-refractivity contribution in [2.75, 3.05) is 6.61 Å². The van der Waals surface area contributed by atoms with Crippen LogP contribution in [0.1, 0.15) is 11.4 Å². The lowest BCUT2D eigenvalue weighted by Gasteiger charge is -2.03. The van der Waals surface area contributed by atoms with Crippen molar-refractivity contribution < 1.29 is 4.74 Å². The van der Waals surface area contributed by atoms with Crippen LogP contribution in [0.5, 0.6) is 5.75 Å². The smallest absolute Gasteiger partial charge is 0.181 e. The van der Waals surface area contributed by atoms with Crippen LogP contribution in [0.4, 0.5) is 0 Å². The van der Waals surface area contributed by atoms with Crippen molar-refractivity contribution in [3.05, 3.63) is 66.0 Å². The van der Waals surface area contributed by atoms with Gasteiger partial charge >= 0.3 is 0 Å². The molecule has 112 valence electrons. The fourth-order valence-corrected chi connectivity index (χ4v) is 2.11. The molecule has 0 saturated carbocycles. The van der Waals surface area contributed by atoms with E-state index in [-0.39, 0.29) is 0 Å². The van der Waals surface area contributed by atoms with Crippen LogP contribution < -0.4 is 10.5 Å². The number of rotatable bonds is 6. The van der Waals surface area contributed by atoms with Gasteiger partial charge in [0, 0.05) is 18.5 Å². The number of nitrogens with two attached hydrogens (primary N) is 1. The zero-order valence-electron chi connectivity index (χ0n) is 12.2. The monoisotopic (exact) mass is 294 g/mol. The van der Waals surface area contributed by atoms with Crippen molar-refractivity contribution in [3.8, 4) is 17.1 Å². The largest absolute Gasteiger partial charge is 0.493 e. The maximum Gasteiger partial charge on any atom is 0.181 e. The molecule has 1 heterocycles. The predicted octanol–water partition coefficient (Wildman–Crippen LogP) is 2.55. The SMILES string of the molecule is NCc1ccc(-c2n[nH]c(CCOc3ccccc3)n2)cc1. The van der Waals surface area contributed by atoms with Crippen LogP contribution in [0, 0.1) is 0 Å². The Hall–Kier alpha value is -2.66. The molecular formula is C17H18N4O. The van der Waals surface area contributed by atoms with Gasteiger partial charge in [-0.05, 0) is 17.7 Å². The molecule has 0 aliphatic heterocycles. The van der Waals surface area contributed by atoms with E-state index < -0.39 is 0 Å². The molecule has 0 amide bonds. The quantitative estimate of drug-likeness (QED) is 0.732. The summed E-state index contributed by atoms with van der Waals surface area (Å²) in [6.07, 6.45) is 0.683. The van der Waals surface area contributed by atoms with Gasteiger partial charge in [0.2, 0.25) is 0 Å². The van der Waals surface area contributed by atoms with E-state index >= 15 is 0 Å². The first kappa shape index (κ1) is 14.3. The van der Waals surface area contributed by atoms with Crippen LogP contribution in [-0.4, -0.2) is 21.8 Å². The summed E-state index contributed by atoms with van der Waals surface area (Å²) in [6.45, 7) is 1.10. The van der Waals surface area contributed by atoms with Gasteiger partial charge in [-0.2, -0.15) is 5.10 Å². The number of nitrogens with one attached hydrogen (secondary N) is 1. The summed E-state index contributed by atoms with van der Waals surface area (Å²) in [7, 11) is 0. The molecule has 0 saturated heterocycles. The molecule has 0 aliphatic carbocycles. The van der Waals surface area contributed by atoms with Crippen molar-refractivity contribution in [1.29, 1.82) is 0 Å². The number of aromatic nitrogens is 3. The Bertz CT molecular complexity index is 707. The van der Waals surface area contributed by atoms with Crippen molar-refractivity contribution in [1.82, 2.24) is 15.2 Å². The number of hydrogen-bond acceptors (Lipinski definition) is 4. The molecular weight excluding hydrogens is 276 g/mol. The fraction of sp³-hybridized carbons (Fsp3) is 0.176. The van der Waals surface area contributed by atoms with E-state index in [2.05, 4.69) is 15.2 Å². The molecule has 3 N–H and O–H groups in total. The topological polar surface area (TPSA) is 76.8 Å². The van der Waals surface area contributed by atoms with Gasteiger partial charge in [0.25, 0.3) is 0 Å². The van der Waals surface area contributed by atoms with Gasteiger partial charge in [-0.1, -0.05) is 42.5 Å². The van der Waals surface area contributed by atoms with E-state index in [1.54, 1.807) is 0 Å². The first-order chi connectivity index (χ1) is 10.8. The summed E-state index contributed by atoms with van der Waals surface area (Å²) in [4.78, 5) is 4.49. The van der Waals surface area contributed by atoms with Crippen LogP contribution in [-0.2, 0) is 13.0 Å². The predicted molar refractivity (Wildman–Crippen MR) is 85.4 cm³/mol. The number of benzene rings is 2. The highest BCUT2D eigenvalue weighted by atomic mass is 16.5. The van der Waals surface area contributed by atoms with Gasteiger partial charge in [-0.25, -0.2) is 4.98 Å². The molecule has 0 unspecified atom stereocenters. The van der Waals surface area contributed by atoms with Gasteiger partial charge in [-0.15, -0.1) is 0 Å². The fourth-order valence-electron chi connectivity index (χ4n) is 2.11. The Labute approximate surface area is 129 Å². The van der Waals surface area contributed by atoms with Crippen LogP contribution in [0.15, 0.2) is 54.6 Å². The van der Waals surface area contributed by atoms with Gasteiger partial charge in [-0.3, -0.25) is 5.10 Å². The lowest BCUT2D eigenvalue weighted by molar-refractivity contribution is 0.319. The van der Waals surface area contributed by atoms with Crippen LogP contribution in [0.2, 0.25) is 0 Å². The molecule has 3 rings (SSSR count). The van der Waals surface area contributed by atoms with Crippen LogP contribution >= 0.6 is 0 Å². The second-order valence-corrected chi connectivity index (χ2v) is 4.92. The van der Waals surface area contributed by atoms with Crippen molar-refractivity contribution >= 4 is 0 Å². The summed E-state index contributed by atoms with van der Waals surface area (Å²) in [6, 6.07) is 17.7. The summed E-state index contributed by atoms with van der Waals surface area (Å²) in [5.41, 5.74) is 7.66. The van der Waals surface area contributed by atoms with Crippen LogP contribution in [0.25, 0.3) is 11.4 Å². The molecule has 3 aromatic rings. The summed E-state index contributed by atoms with van der Waals surface area (Å²) < 4.78 is 5.65. The standard InChI is InChI=1S/C17H18N4O/c18-12-13-6-8-14(9-7-13)17-19-16(20-21-17)10-11-22-15-4-2-1-3-5-15/h1-9H,10-12,18H2,(H,19,20,21). The second-order valence-electron chi connectivity index (χ2n) is 4.92. The zero-order chi connectivity index (χ0) is 15.2. The maximum atomic E-state index is 5.65. The summed E-state index contributed by atoms with van der Waals surface area (Å²) in [5, 5.41) is 7.20. The van der Waals surface area contributed by atoms with Crippen molar-refractivity contribution in [2.45, 2.75) is 13.0 Å². The highest BCUT2D eigenvalue weighted by molar-refractivity contribution is 5.54. The second kappa shape index (κ2) is 6.87. The van der Waals surface area contributed by atoms with E-state index in [0.717, 1.165) is 22.7 Å². The van der Waals surface area contributed by atoms with Crippen LogP contribution in [0.3, 0.4) is 0 Å². The molecule has 0 bridgehead atoms. The Kier molecular flexibility index (Phi) is 4.46. The number of aromatic amines is 1. The number of ether oxygens (including phenoxy) is 1. The minimum atomic E-state index is 0.538. The third-order valence-corrected chi connectivity index (χ3v) is 3.33. The molecule has 0 atom stereocenters. The number of nitrogens with zero attached hydrogens (tertiary/aromatic N) is 2. The van der Waals surface area contributed by atoms with E-state index in [4.69, 9.17) is 10.5 Å². The Morgan fingerprint density at radius 1 is 1.00 bits per heavy atom. The minimum absolute atomic E-state index is 0.538. The lowest BCUT2D eigenvalue weighted by Crippen LogP contribution is -2.02. The minimum Gasteiger partial charge on any atom is -0.493 e. The molecule has 1 aromatic heterocycles. The average Bonchev–Trinajstić information content (AvgIpc) is 3.05. The number of hydrogen-bond donors (Lipinski definition) is 2. The average molecular weight is 294 g/mol. The maximum absolute atomic E-state index is 5.65. The van der Waals surface area contributed by atoms with Gasteiger partial charge in [0.15, 0.2) is 5.82 Å². The van der Waals surface area contributed by atoms with E-state index in [1.165, 1.54) is 0 Å². The molecule has 22 heavy (non-hydrogen) atoms. The molecule has 5 nitrogen and oxygen atoms in total. The molecule has 0 fully saturated rings. The van der Waals surface area contributed by atoms with Gasteiger partial charge in [0.05, 0.1) is 6.61 Å². The van der Waals surface area contributed by atoms with E-state index in [1.807, 2.05) is 54.6 Å². The molecule has 0 aliphatic rings. The highest BCUT2D eigenvalue weighted by Crippen LogP contribution is 2.15. The van der Waals surface area contributed by atoms with E-state index in [9.17, 15) is 0 Å². The Morgan fingerprint density at radius 3 is 2.50 bits per heavy atom. The summed E-state index contributed by atoms with van der Waals surface area (Å²) >= 11 is 0. The van der Waals surface area contributed by atoms with Gasteiger partial charge < -0.3 is 10.5 Å². The Balaban J connectivity index is 1.58. The first-order valence-corrected chi connectivity index (χ1v) is 7.23. The number of H-pyrrole nitrogens is 1. The normalized spacial score (nSPS) is 10.6.